The third-order valence-corrected chi connectivity index (χ3v) is 3.56. The first-order valence-corrected chi connectivity index (χ1v) is 7.59. The van der Waals surface area contributed by atoms with Gasteiger partial charge in [-0.3, -0.25) is 4.79 Å². The molecule has 1 amide bonds. The zero-order valence-corrected chi connectivity index (χ0v) is 14.3. The lowest BCUT2D eigenvalue weighted by Gasteiger charge is -2.23. The summed E-state index contributed by atoms with van der Waals surface area (Å²) in [5.74, 6) is 0.156. The van der Waals surface area contributed by atoms with E-state index in [1.54, 1.807) is 0 Å². The van der Waals surface area contributed by atoms with Gasteiger partial charge in [-0.05, 0) is 31.4 Å². The molecule has 0 atom stereocenters. The van der Waals surface area contributed by atoms with Gasteiger partial charge in [0.2, 0.25) is 5.91 Å². The molecule has 0 aromatic heterocycles. The Bertz CT molecular complexity index is 393. The van der Waals surface area contributed by atoms with Crippen LogP contribution in [0.3, 0.4) is 0 Å². The van der Waals surface area contributed by atoms with Gasteiger partial charge in [0.05, 0.1) is 0 Å². The standard InChI is InChI=1S/C17H28N2O.ClH/c1-4-18-13-14-19-16(20)17(2,3)12-8-11-15-9-6-5-7-10-15;/h5-7,9-10,18H,4,8,11-14H2,1-3H3,(H,19,20);1H. The van der Waals surface area contributed by atoms with Crippen molar-refractivity contribution in [2.24, 2.45) is 5.41 Å². The number of nitrogens with one attached hydrogen (secondary N) is 2. The third-order valence-electron chi connectivity index (χ3n) is 3.56. The summed E-state index contributed by atoms with van der Waals surface area (Å²) < 4.78 is 0. The van der Waals surface area contributed by atoms with Crippen LogP contribution < -0.4 is 10.6 Å². The van der Waals surface area contributed by atoms with E-state index in [4.69, 9.17) is 0 Å². The first kappa shape index (κ1) is 19.9. The molecule has 2 N–H and O–H groups in total. The molecule has 0 spiro atoms. The van der Waals surface area contributed by atoms with Gasteiger partial charge in [-0.1, -0.05) is 51.1 Å². The zero-order valence-electron chi connectivity index (χ0n) is 13.4. The lowest BCUT2D eigenvalue weighted by atomic mass is 9.85. The summed E-state index contributed by atoms with van der Waals surface area (Å²) in [5.41, 5.74) is 1.05. The molecule has 0 bridgehead atoms. The molecule has 0 heterocycles. The Hall–Kier alpha value is -1.06. The van der Waals surface area contributed by atoms with Gasteiger partial charge in [0, 0.05) is 18.5 Å². The highest BCUT2D eigenvalue weighted by molar-refractivity contribution is 5.85. The highest BCUT2D eigenvalue weighted by atomic mass is 35.5. The average Bonchev–Trinajstić information content (AvgIpc) is 2.44. The maximum Gasteiger partial charge on any atom is 0.225 e. The van der Waals surface area contributed by atoms with E-state index in [0.717, 1.165) is 32.4 Å². The molecular formula is C17H29ClN2O. The lowest BCUT2D eigenvalue weighted by Crippen LogP contribution is -2.40. The Morgan fingerprint density at radius 2 is 1.81 bits per heavy atom. The quantitative estimate of drug-likeness (QED) is 0.688. The second-order valence-electron chi connectivity index (χ2n) is 5.83. The van der Waals surface area contributed by atoms with E-state index in [2.05, 4.69) is 41.8 Å². The number of likely N-dealkylation sites (N-methyl/N-ethyl adjacent to an activating group) is 1. The Morgan fingerprint density at radius 3 is 2.43 bits per heavy atom. The van der Waals surface area contributed by atoms with Crippen LogP contribution in [0.25, 0.3) is 0 Å². The molecule has 1 aromatic carbocycles. The van der Waals surface area contributed by atoms with Crippen LogP contribution in [0.5, 0.6) is 0 Å². The third kappa shape index (κ3) is 8.08. The number of carbonyl (C=O) groups excluding carboxylic acids is 1. The van der Waals surface area contributed by atoms with Crippen LogP contribution in [0, 0.1) is 5.41 Å². The molecule has 0 radical (unpaired) electrons. The van der Waals surface area contributed by atoms with Crippen molar-refractivity contribution < 1.29 is 4.79 Å². The fraction of sp³-hybridized carbons (Fsp3) is 0.588. The van der Waals surface area contributed by atoms with Crippen molar-refractivity contribution in [1.82, 2.24) is 10.6 Å². The number of halogens is 1. The number of amides is 1. The minimum absolute atomic E-state index is 0. The van der Waals surface area contributed by atoms with Gasteiger partial charge in [0.25, 0.3) is 0 Å². The van der Waals surface area contributed by atoms with E-state index >= 15 is 0 Å². The van der Waals surface area contributed by atoms with Crippen LogP contribution in [0.15, 0.2) is 30.3 Å². The molecule has 1 aromatic rings. The molecular weight excluding hydrogens is 284 g/mol. The van der Waals surface area contributed by atoms with Crippen molar-refractivity contribution in [3.63, 3.8) is 0 Å². The number of hydrogen-bond donors (Lipinski definition) is 2. The maximum absolute atomic E-state index is 12.1. The molecule has 0 aliphatic rings. The summed E-state index contributed by atoms with van der Waals surface area (Å²) in [7, 11) is 0. The second-order valence-corrected chi connectivity index (χ2v) is 5.83. The Kier molecular flexibility index (Phi) is 10.1. The number of aryl methyl sites for hydroxylation is 1. The summed E-state index contributed by atoms with van der Waals surface area (Å²) in [4.78, 5) is 12.1. The normalized spacial score (nSPS) is 10.8. The fourth-order valence-corrected chi connectivity index (χ4v) is 2.17. The highest BCUT2D eigenvalue weighted by Crippen LogP contribution is 2.23. The van der Waals surface area contributed by atoms with E-state index < -0.39 is 0 Å². The van der Waals surface area contributed by atoms with E-state index in [0.29, 0.717) is 6.54 Å². The molecule has 4 heteroatoms. The monoisotopic (exact) mass is 312 g/mol. The topological polar surface area (TPSA) is 41.1 Å². The summed E-state index contributed by atoms with van der Waals surface area (Å²) in [6, 6.07) is 10.4. The first-order chi connectivity index (χ1) is 9.56. The molecule has 0 aliphatic carbocycles. The predicted octanol–water partition coefficient (Wildman–Crippen LogP) is 3.18. The number of hydrogen-bond acceptors (Lipinski definition) is 2. The summed E-state index contributed by atoms with van der Waals surface area (Å²) >= 11 is 0. The molecule has 0 fully saturated rings. The van der Waals surface area contributed by atoms with E-state index in [1.807, 2.05) is 19.9 Å². The minimum Gasteiger partial charge on any atom is -0.354 e. The van der Waals surface area contributed by atoms with Crippen molar-refractivity contribution in [3.05, 3.63) is 35.9 Å². The maximum atomic E-state index is 12.1. The van der Waals surface area contributed by atoms with Crippen molar-refractivity contribution >= 4 is 18.3 Å². The van der Waals surface area contributed by atoms with E-state index in [9.17, 15) is 4.79 Å². The largest absolute Gasteiger partial charge is 0.354 e. The summed E-state index contributed by atoms with van der Waals surface area (Å²) in [5, 5.41) is 6.21. The molecule has 0 unspecified atom stereocenters. The molecule has 0 saturated heterocycles. The predicted molar refractivity (Wildman–Crippen MR) is 92.0 cm³/mol. The smallest absolute Gasteiger partial charge is 0.225 e. The SMILES string of the molecule is CCNCCNC(=O)C(C)(C)CCCc1ccccc1.Cl. The van der Waals surface area contributed by atoms with Crippen LogP contribution >= 0.6 is 12.4 Å². The molecule has 0 aliphatic heterocycles. The Labute approximate surface area is 135 Å². The van der Waals surface area contributed by atoms with Crippen LogP contribution in [0.1, 0.15) is 39.2 Å². The first-order valence-electron chi connectivity index (χ1n) is 7.59. The minimum atomic E-state index is -0.291. The lowest BCUT2D eigenvalue weighted by molar-refractivity contribution is -0.129. The van der Waals surface area contributed by atoms with E-state index in [1.165, 1.54) is 5.56 Å². The van der Waals surface area contributed by atoms with Gasteiger partial charge in [-0.15, -0.1) is 12.4 Å². The van der Waals surface area contributed by atoms with Crippen LogP contribution in [-0.4, -0.2) is 25.5 Å². The number of benzene rings is 1. The van der Waals surface area contributed by atoms with E-state index in [-0.39, 0.29) is 23.7 Å². The van der Waals surface area contributed by atoms with Gasteiger partial charge in [-0.25, -0.2) is 0 Å². The van der Waals surface area contributed by atoms with Crippen molar-refractivity contribution in [2.45, 2.75) is 40.0 Å². The molecule has 1 rings (SSSR count). The molecule has 120 valence electrons. The highest BCUT2D eigenvalue weighted by Gasteiger charge is 2.26. The van der Waals surface area contributed by atoms with Crippen molar-refractivity contribution in [1.29, 1.82) is 0 Å². The Morgan fingerprint density at radius 1 is 1.14 bits per heavy atom. The van der Waals surface area contributed by atoms with Crippen LogP contribution in [0.4, 0.5) is 0 Å². The fourth-order valence-electron chi connectivity index (χ4n) is 2.17. The van der Waals surface area contributed by atoms with Crippen LogP contribution in [-0.2, 0) is 11.2 Å². The van der Waals surface area contributed by atoms with Crippen molar-refractivity contribution in [2.75, 3.05) is 19.6 Å². The molecule has 0 saturated carbocycles. The van der Waals surface area contributed by atoms with Gasteiger partial charge in [0.15, 0.2) is 0 Å². The molecule has 3 nitrogen and oxygen atoms in total. The second kappa shape index (κ2) is 10.6. The summed E-state index contributed by atoms with van der Waals surface area (Å²) in [6.07, 6.45) is 2.99. The van der Waals surface area contributed by atoms with Crippen molar-refractivity contribution in [3.8, 4) is 0 Å². The Balaban J connectivity index is 0.00000400. The number of rotatable bonds is 9. The number of carbonyl (C=O) groups is 1. The molecule has 21 heavy (non-hydrogen) atoms. The van der Waals surface area contributed by atoms with Gasteiger partial charge < -0.3 is 10.6 Å². The van der Waals surface area contributed by atoms with Crippen LogP contribution in [0.2, 0.25) is 0 Å². The van der Waals surface area contributed by atoms with Gasteiger partial charge in [0.1, 0.15) is 0 Å². The zero-order chi connectivity index (χ0) is 14.8. The van der Waals surface area contributed by atoms with Gasteiger partial charge >= 0.3 is 0 Å². The van der Waals surface area contributed by atoms with Gasteiger partial charge in [-0.2, -0.15) is 0 Å². The summed E-state index contributed by atoms with van der Waals surface area (Å²) in [6.45, 7) is 8.60. The average molecular weight is 313 g/mol.